The molecule has 0 bridgehead atoms. The average molecular weight is 280 g/mol. The molecule has 1 heterocycles. The summed E-state index contributed by atoms with van der Waals surface area (Å²) in [4.78, 5) is 11.8. The lowest BCUT2D eigenvalue weighted by Crippen LogP contribution is -2.48. The molecule has 3 N–H and O–H groups in total. The molecule has 1 aromatic rings. The lowest BCUT2D eigenvalue weighted by atomic mass is 9.80. The van der Waals surface area contributed by atoms with Crippen LogP contribution in [0.5, 0.6) is 0 Å². The van der Waals surface area contributed by atoms with Gasteiger partial charge in [-0.05, 0) is 32.6 Å². The van der Waals surface area contributed by atoms with Crippen LogP contribution in [-0.2, 0) is 12.6 Å². The second-order valence-electron chi connectivity index (χ2n) is 5.98. The molecule has 0 spiro atoms. The largest absolute Gasteiger partial charge is 0.383 e. The molecule has 0 aromatic carbocycles. The van der Waals surface area contributed by atoms with Crippen LogP contribution in [0, 0.1) is 5.92 Å². The van der Waals surface area contributed by atoms with Gasteiger partial charge in [0, 0.05) is 24.8 Å². The Labute approximate surface area is 119 Å². The van der Waals surface area contributed by atoms with Gasteiger partial charge in [0.25, 0.3) is 0 Å². The number of carbonyl (C=O) groups is 1. The maximum atomic E-state index is 11.8. The number of aromatic nitrogens is 2. The lowest BCUT2D eigenvalue weighted by molar-refractivity contribution is 0.0590. The average Bonchev–Trinajstić information content (AvgIpc) is 2.71. The number of rotatable bonds is 5. The molecule has 0 aliphatic heterocycles. The fourth-order valence-electron chi connectivity index (χ4n) is 2.37. The van der Waals surface area contributed by atoms with Crippen molar-refractivity contribution in [2.45, 2.75) is 44.8 Å². The van der Waals surface area contributed by atoms with Gasteiger partial charge in [0.2, 0.25) is 0 Å². The summed E-state index contributed by atoms with van der Waals surface area (Å²) in [7, 11) is 1.79. The third-order valence-electron chi connectivity index (χ3n) is 4.14. The number of hydrogen-bond acceptors (Lipinski definition) is 3. The van der Waals surface area contributed by atoms with Crippen LogP contribution >= 0.6 is 0 Å². The van der Waals surface area contributed by atoms with Crippen molar-refractivity contribution in [3.05, 3.63) is 18.0 Å². The van der Waals surface area contributed by atoms with E-state index in [0.717, 1.165) is 0 Å². The zero-order valence-corrected chi connectivity index (χ0v) is 12.4. The third kappa shape index (κ3) is 3.50. The van der Waals surface area contributed by atoms with Crippen molar-refractivity contribution in [1.29, 1.82) is 0 Å². The third-order valence-corrected chi connectivity index (χ3v) is 4.14. The Morgan fingerprint density at radius 2 is 2.35 bits per heavy atom. The minimum Gasteiger partial charge on any atom is -0.383 e. The first-order valence-electron chi connectivity index (χ1n) is 7.14. The quantitative estimate of drug-likeness (QED) is 0.756. The number of urea groups is 1. The first-order chi connectivity index (χ1) is 9.38. The smallest absolute Gasteiger partial charge is 0.315 e. The minimum atomic E-state index is -1.12. The number of hydrogen-bond donors (Lipinski definition) is 3. The monoisotopic (exact) mass is 280 g/mol. The van der Waals surface area contributed by atoms with E-state index in [0.29, 0.717) is 11.5 Å². The molecule has 1 aliphatic rings. The van der Waals surface area contributed by atoms with Crippen molar-refractivity contribution in [2.75, 3.05) is 6.54 Å². The molecule has 0 radical (unpaired) electrons. The molecule has 6 heteroatoms. The Morgan fingerprint density at radius 3 is 2.85 bits per heavy atom. The highest BCUT2D eigenvalue weighted by atomic mass is 16.3. The molecule has 2 unspecified atom stereocenters. The van der Waals surface area contributed by atoms with Gasteiger partial charge in [-0.1, -0.05) is 6.42 Å². The first kappa shape index (κ1) is 14.8. The summed E-state index contributed by atoms with van der Waals surface area (Å²) in [5.41, 5.74) is -0.432. The van der Waals surface area contributed by atoms with Gasteiger partial charge in [-0.15, -0.1) is 0 Å². The van der Waals surface area contributed by atoms with E-state index in [-0.39, 0.29) is 18.6 Å². The van der Waals surface area contributed by atoms with Crippen molar-refractivity contribution < 1.29 is 9.90 Å². The topological polar surface area (TPSA) is 79.2 Å². The van der Waals surface area contributed by atoms with Gasteiger partial charge >= 0.3 is 6.03 Å². The summed E-state index contributed by atoms with van der Waals surface area (Å²) >= 11 is 0. The number of aliphatic hydroxyl groups is 1. The molecule has 6 nitrogen and oxygen atoms in total. The maximum Gasteiger partial charge on any atom is 0.315 e. The van der Waals surface area contributed by atoms with Crippen LogP contribution < -0.4 is 10.6 Å². The van der Waals surface area contributed by atoms with Crippen LogP contribution in [0.3, 0.4) is 0 Å². The van der Waals surface area contributed by atoms with Crippen molar-refractivity contribution in [3.63, 3.8) is 0 Å². The molecule has 112 valence electrons. The predicted molar refractivity (Wildman–Crippen MR) is 76.1 cm³/mol. The molecule has 20 heavy (non-hydrogen) atoms. The highest BCUT2D eigenvalue weighted by Crippen LogP contribution is 2.29. The summed E-state index contributed by atoms with van der Waals surface area (Å²) < 4.78 is 1.63. The highest BCUT2D eigenvalue weighted by Gasteiger charge is 2.27. The zero-order valence-electron chi connectivity index (χ0n) is 12.4. The van der Waals surface area contributed by atoms with E-state index < -0.39 is 5.60 Å². The minimum absolute atomic E-state index is 0.155. The number of amides is 2. The van der Waals surface area contributed by atoms with Crippen molar-refractivity contribution in [3.8, 4) is 0 Å². The van der Waals surface area contributed by atoms with E-state index in [1.54, 1.807) is 31.0 Å². The van der Waals surface area contributed by atoms with E-state index in [1.807, 2.05) is 6.92 Å². The van der Waals surface area contributed by atoms with E-state index in [9.17, 15) is 9.90 Å². The maximum absolute atomic E-state index is 11.8. The molecule has 2 rings (SSSR count). The van der Waals surface area contributed by atoms with Crippen molar-refractivity contribution >= 4 is 6.03 Å². The first-order valence-corrected chi connectivity index (χ1v) is 7.14. The van der Waals surface area contributed by atoms with Crippen LogP contribution in [0.1, 0.15) is 38.7 Å². The summed E-state index contributed by atoms with van der Waals surface area (Å²) in [6, 6.07) is -0.0411. The van der Waals surface area contributed by atoms with Crippen LogP contribution in [0.15, 0.2) is 12.4 Å². The molecule has 1 saturated carbocycles. The Morgan fingerprint density at radius 1 is 1.65 bits per heavy atom. The molecule has 0 saturated heterocycles. The van der Waals surface area contributed by atoms with Gasteiger partial charge in [-0.2, -0.15) is 5.10 Å². The Balaban J connectivity index is 1.79. The molecule has 1 aromatic heterocycles. The van der Waals surface area contributed by atoms with Gasteiger partial charge in [0.15, 0.2) is 0 Å². The summed E-state index contributed by atoms with van der Waals surface area (Å²) in [5.74, 6) is 0.597. The van der Waals surface area contributed by atoms with Gasteiger partial charge in [-0.25, -0.2) is 4.79 Å². The van der Waals surface area contributed by atoms with Crippen LogP contribution in [-0.4, -0.2) is 33.5 Å². The van der Waals surface area contributed by atoms with E-state index in [2.05, 4.69) is 15.7 Å². The predicted octanol–water partition coefficient (Wildman–Crippen LogP) is 1.12. The van der Waals surface area contributed by atoms with Crippen LogP contribution in [0.4, 0.5) is 4.79 Å². The molecular weight excluding hydrogens is 256 g/mol. The SMILES string of the molecule is CC(NC(=O)NCC(C)(O)c1cnn(C)c1)C1CCC1. The standard InChI is InChI=1S/C14H24N4O2/c1-10(11-5-4-6-11)17-13(19)15-9-14(2,20)12-7-16-18(3)8-12/h7-8,10-11,20H,4-6,9H2,1-3H3,(H2,15,17,19). The van der Waals surface area contributed by atoms with Gasteiger partial charge in [0.05, 0.1) is 12.7 Å². The van der Waals surface area contributed by atoms with Crippen molar-refractivity contribution in [2.24, 2.45) is 13.0 Å². The van der Waals surface area contributed by atoms with Crippen LogP contribution in [0.25, 0.3) is 0 Å². The van der Waals surface area contributed by atoms with Gasteiger partial charge < -0.3 is 15.7 Å². The molecule has 2 atom stereocenters. The second-order valence-corrected chi connectivity index (χ2v) is 5.98. The zero-order chi connectivity index (χ0) is 14.8. The molecule has 1 aliphatic carbocycles. The Kier molecular flexibility index (Phi) is 4.32. The molecule has 2 amide bonds. The number of carbonyl (C=O) groups excluding carboxylic acids is 1. The highest BCUT2D eigenvalue weighted by molar-refractivity contribution is 5.74. The Hall–Kier alpha value is -1.56. The fourth-order valence-corrected chi connectivity index (χ4v) is 2.37. The summed E-state index contributed by atoms with van der Waals surface area (Å²) in [5, 5.41) is 20.0. The molecule has 1 fully saturated rings. The van der Waals surface area contributed by atoms with Crippen LogP contribution in [0.2, 0.25) is 0 Å². The lowest BCUT2D eigenvalue weighted by Gasteiger charge is -2.32. The molecular formula is C14H24N4O2. The van der Waals surface area contributed by atoms with Gasteiger partial charge in [-0.3, -0.25) is 4.68 Å². The summed E-state index contributed by atoms with van der Waals surface area (Å²) in [6.45, 7) is 3.85. The Bertz CT molecular complexity index is 465. The van der Waals surface area contributed by atoms with Gasteiger partial charge in [0.1, 0.15) is 5.60 Å². The number of aryl methyl sites for hydroxylation is 1. The second kappa shape index (κ2) is 5.83. The number of nitrogens with one attached hydrogen (secondary N) is 2. The van der Waals surface area contributed by atoms with E-state index >= 15 is 0 Å². The van der Waals surface area contributed by atoms with E-state index in [4.69, 9.17) is 0 Å². The van der Waals surface area contributed by atoms with E-state index in [1.165, 1.54) is 19.3 Å². The van der Waals surface area contributed by atoms with Crippen molar-refractivity contribution in [1.82, 2.24) is 20.4 Å². The normalized spacial score (nSPS) is 19.8. The summed E-state index contributed by atoms with van der Waals surface area (Å²) in [6.07, 6.45) is 6.99. The number of nitrogens with zero attached hydrogens (tertiary/aromatic N) is 2. The fraction of sp³-hybridized carbons (Fsp3) is 0.714.